The molecule has 7 nitrogen and oxygen atoms in total. The number of amides is 1. The highest BCUT2D eigenvalue weighted by molar-refractivity contribution is 5.68. The monoisotopic (exact) mass is 357 g/mol. The molecule has 7 heteroatoms. The van der Waals surface area contributed by atoms with Crippen molar-refractivity contribution in [1.82, 2.24) is 19.3 Å². The second kappa shape index (κ2) is 6.14. The standard InChI is InChI=1S/C19H27N5O2/c1-18(2,3)26-17(25)23-9-4-19(5-10-23)6-11-24(14-19)16-15-20-7-12-22(15)13-8-21-16/h7-8,12-13H,4-6,9-11,14H2,1-3H3. The lowest BCUT2D eigenvalue weighted by Gasteiger charge is -2.39. The fourth-order valence-corrected chi connectivity index (χ4v) is 4.08. The van der Waals surface area contributed by atoms with Gasteiger partial charge in [-0.25, -0.2) is 14.8 Å². The number of likely N-dealkylation sites (tertiary alicyclic amines) is 1. The lowest BCUT2D eigenvalue weighted by atomic mass is 9.78. The molecule has 0 saturated carbocycles. The number of fused-ring (bicyclic) bond motifs is 1. The molecule has 0 N–H and O–H groups in total. The molecular weight excluding hydrogens is 330 g/mol. The van der Waals surface area contributed by atoms with Crippen molar-refractivity contribution in [3.63, 3.8) is 0 Å². The molecule has 140 valence electrons. The average Bonchev–Trinajstić information content (AvgIpc) is 3.21. The van der Waals surface area contributed by atoms with E-state index >= 15 is 0 Å². The predicted molar refractivity (Wildman–Crippen MR) is 99.3 cm³/mol. The molecule has 0 aliphatic carbocycles. The van der Waals surface area contributed by atoms with Crippen molar-refractivity contribution in [1.29, 1.82) is 0 Å². The Kier molecular flexibility index (Phi) is 4.04. The van der Waals surface area contributed by atoms with Crippen LogP contribution in [-0.2, 0) is 4.74 Å². The molecule has 0 bridgehead atoms. The first-order valence-electron chi connectivity index (χ1n) is 9.36. The Morgan fingerprint density at radius 3 is 2.42 bits per heavy atom. The SMILES string of the molecule is CC(C)(C)OC(=O)N1CCC2(CC1)CCN(c1nccn3ccnc13)C2. The Labute approximate surface area is 154 Å². The minimum absolute atomic E-state index is 0.189. The maximum Gasteiger partial charge on any atom is 0.410 e. The van der Waals surface area contributed by atoms with Crippen molar-refractivity contribution in [3.05, 3.63) is 24.8 Å². The summed E-state index contributed by atoms with van der Waals surface area (Å²) >= 11 is 0. The van der Waals surface area contributed by atoms with E-state index in [9.17, 15) is 4.79 Å². The Hall–Kier alpha value is -2.31. The minimum Gasteiger partial charge on any atom is -0.444 e. The topological polar surface area (TPSA) is 63.0 Å². The molecule has 4 heterocycles. The average molecular weight is 357 g/mol. The van der Waals surface area contributed by atoms with Gasteiger partial charge in [0.25, 0.3) is 0 Å². The quantitative estimate of drug-likeness (QED) is 0.785. The largest absolute Gasteiger partial charge is 0.444 e. The third-order valence-electron chi connectivity index (χ3n) is 5.51. The van der Waals surface area contributed by atoms with Crippen molar-refractivity contribution in [2.45, 2.75) is 45.6 Å². The zero-order chi connectivity index (χ0) is 18.4. The maximum atomic E-state index is 12.3. The summed E-state index contributed by atoms with van der Waals surface area (Å²) in [5.41, 5.74) is 0.737. The number of imidazole rings is 1. The maximum absolute atomic E-state index is 12.3. The highest BCUT2D eigenvalue weighted by Crippen LogP contribution is 2.42. The predicted octanol–water partition coefficient (Wildman–Crippen LogP) is 2.96. The van der Waals surface area contributed by atoms with Gasteiger partial charge in [-0.15, -0.1) is 0 Å². The van der Waals surface area contributed by atoms with Gasteiger partial charge in [0, 0.05) is 51.0 Å². The van der Waals surface area contributed by atoms with Crippen LogP contribution in [0.15, 0.2) is 24.8 Å². The van der Waals surface area contributed by atoms with Crippen LogP contribution < -0.4 is 4.90 Å². The van der Waals surface area contributed by atoms with Gasteiger partial charge >= 0.3 is 6.09 Å². The number of hydrogen-bond donors (Lipinski definition) is 0. The first-order valence-corrected chi connectivity index (χ1v) is 9.36. The number of hydrogen-bond acceptors (Lipinski definition) is 5. The number of carbonyl (C=O) groups is 1. The van der Waals surface area contributed by atoms with Crippen LogP contribution in [0.3, 0.4) is 0 Å². The molecule has 0 unspecified atom stereocenters. The minimum atomic E-state index is -0.440. The molecular formula is C19H27N5O2. The summed E-state index contributed by atoms with van der Waals surface area (Å²) in [6.07, 6.45) is 10.5. The third kappa shape index (κ3) is 3.22. The molecule has 2 saturated heterocycles. The van der Waals surface area contributed by atoms with Crippen molar-refractivity contribution < 1.29 is 9.53 Å². The summed E-state index contributed by atoms with van der Waals surface area (Å²) in [7, 11) is 0. The van der Waals surface area contributed by atoms with Crippen LogP contribution in [0.25, 0.3) is 5.65 Å². The van der Waals surface area contributed by atoms with E-state index in [-0.39, 0.29) is 11.5 Å². The summed E-state index contributed by atoms with van der Waals surface area (Å²) in [5.74, 6) is 0.962. The van der Waals surface area contributed by atoms with E-state index < -0.39 is 5.60 Å². The molecule has 1 amide bonds. The second-order valence-corrected chi connectivity index (χ2v) is 8.55. The number of rotatable bonds is 1. The smallest absolute Gasteiger partial charge is 0.410 e. The van der Waals surface area contributed by atoms with Crippen molar-refractivity contribution in [2.24, 2.45) is 5.41 Å². The van der Waals surface area contributed by atoms with Gasteiger partial charge in [0.1, 0.15) is 5.60 Å². The fourth-order valence-electron chi connectivity index (χ4n) is 4.08. The van der Waals surface area contributed by atoms with Gasteiger partial charge in [0.15, 0.2) is 11.5 Å². The molecule has 0 aromatic carbocycles. The van der Waals surface area contributed by atoms with Gasteiger partial charge in [-0.05, 0) is 45.4 Å². The first-order chi connectivity index (χ1) is 12.4. The molecule has 4 rings (SSSR count). The van der Waals surface area contributed by atoms with E-state index in [1.165, 1.54) is 0 Å². The van der Waals surface area contributed by atoms with Crippen LogP contribution in [-0.4, -0.2) is 57.1 Å². The Bertz CT molecular complexity index is 802. The number of aromatic nitrogens is 3. The van der Waals surface area contributed by atoms with Crippen LogP contribution in [0.1, 0.15) is 40.0 Å². The molecule has 1 spiro atoms. The van der Waals surface area contributed by atoms with Gasteiger partial charge in [0.2, 0.25) is 0 Å². The number of piperidine rings is 1. The van der Waals surface area contributed by atoms with Crippen molar-refractivity contribution in [2.75, 3.05) is 31.1 Å². The van der Waals surface area contributed by atoms with E-state index in [1.807, 2.05) is 54.9 Å². The lowest BCUT2D eigenvalue weighted by molar-refractivity contribution is 0.0122. The molecule has 2 aromatic rings. The lowest BCUT2D eigenvalue weighted by Crippen LogP contribution is -2.46. The zero-order valence-corrected chi connectivity index (χ0v) is 15.8. The second-order valence-electron chi connectivity index (χ2n) is 8.55. The Morgan fingerprint density at radius 2 is 1.73 bits per heavy atom. The number of nitrogens with zero attached hydrogens (tertiary/aromatic N) is 5. The summed E-state index contributed by atoms with van der Waals surface area (Å²) in [4.78, 5) is 25.5. The van der Waals surface area contributed by atoms with Crippen LogP contribution in [0.2, 0.25) is 0 Å². The third-order valence-corrected chi connectivity index (χ3v) is 5.51. The Morgan fingerprint density at radius 1 is 1.08 bits per heavy atom. The summed E-state index contributed by atoms with van der Waals surface area (Å²) in [5, 5.41) is 0. The molecule has 26 heavy (non-hydrogen) atoms. The van der Waals surface area contributed by atoms with Crippen molar-refractivity contribution in [3.8, 4) is 0 Å². The molecule has 2 aliphatic heterocycles. The van der Waals surface area contributed by atoms with Crippen LogP contribution in [0, 0.1) is 5.41 Å². The number of carbonyl (C=O) groups excluding carboxylic acids is 1. The van der Waals surface area contributed by atoms with Gasteiger partial charge in [-0.2, -0.15) is 0 Å². The molecule has 2 fully saturated rings. The summed E-state index contributed by atoms with van der Waals surface area (Å²) in [6.45, 7) is 9.24. The highest BCUT2D eigenvalue weighted by atomic mass is 16.6. The molecule has 0 atom stereocenters. The van der Waals surface area contributed by atoms with Crippen molar-refractivity contribution >= 4 is 17.6 Å². The van der Waals surface area contributed by atoms with E-state index in [1.54, 1.807) is 0 Å². The molecule has 2 aliphatic rings. The molecule has 2 aromatic heterocycles. The Balaban J connectivity index is 1.42. The summed E-state index contributed by atoms with van der Waals surface area (Å²) < 4.78 is 7.53. The zero-order valence-electron chi connectivity index (χ0n) is 15.8. The van der Waals surface area contributed by atoms with Gasteiger partial charge in [0.05, 0.1) is 0 Å². The van der Waals surface area contributed by atoms with Gasteiger partial charge in [-0.3, -0.25) is 0 Å². The van der Waals surface area contributed by atoms with Crippen LogP contribution >= 0.6 is 0 Å². The van der Waals surface area contributed by atoms with Gasteiger partial charge in [-0.1, -0.05) is 0 Å². The fraction of sp³-hybridized carbons (Fsp3) is 0.632. The first kappa shape index (κ1) is 17.1. The van der Waals surface area contributed by atoms with Crippen LogP contribution in [0.5, 0.6) is 0 Å². The molecule has 0 radical (unpaired) electrons. The normalized spacial score (nSPS) is 20.1. The number of ether oxygens (including phenoxy) is 1. The number of anilines is 1. The van der Waals surface area contributed by atoms with E-state index in [0.29, 0.717) is 0 Å². The van der Waals surface area contributed by atoms with Gasteiger partial charge < -0.3 is 18.9 Å². The van der Waals surface area contributed by atoms with E-state index in [2.05, 4.69) is 14.9 Å². The van der Waals surface area contributed by atoms with E-state index in [4.69, 9.17) is 4.74 Å². The van der Waals surface area contributed by atoms with Crippen LogP contribution in [0.4, 0.5) is 10.6 Å². The van der Waals surface area contributed by atoms with E-state index in [0.717, 1.165) is 56.9 Å². The highest BCUT2D eigenvalue weighted by Gasteiger charge is 2.42. The summed E-state index contributed by atoms with van der Waals surface area (Å²) in [6, 6.07) is 0.